The highest BCUT2D eigenvalue weighted by Crippen LogP contribution is 1.73. The Morgan fingerprint density at radius 3 is 1.10 bits per heavy atom. The maximum atomic E-state index is 3.56. The van der Waals surface area contributed by atoms with Crippen LogP contribution in [-0.2, 0) is 0 Å². The SMILES string of the molecule is C.C.C.C=C(C)C.C=CC. The molecule has 0 heterocycles. The summed E-state index contributed by atoms with van der Waals surface area (Å²) in [7, 11) is 0. The van der Waals surface area contributed by atoms with Crippen LogP contribution in [0, 0.1) is 0 Å². The summed E-state index contributed by atoms with van der Waals surface area (Å²) in [5, 5.41) is 0. The molecule has 0 unspecified atom stereocenters. The van der Waals surface area contributed by atoms with E-state index >= 15 is 0 Å². The second-order valence-electron chi connectivity index (χ2n) is 1.62. The normalized spacial score (nSPS) is 3.90. The van der Waals surface area contributed by atoms with Crippen molar-refractivity contribution >= 4 is 0 Å². The van der Waals surface area contributed by atoms with Gasteiger partial charge in [-0.05, 0) is 20.8 Å². The van der Waals surface area contributed by atoms with Gasteiger partial charge in [-0.1, -0.05) is 33.9 Å². The summed E-state index contributed by atoms with van der Waals surface area (Å²) in [5.74, 6) is 0. The number of hydrogen-bond donors (Lipinski definition) is 0. The van der Waals surface area contributed by atoms with E-state index in [1.165, 1.54) is 5.57 Å². The lowest BCUT2D eigenvalue weighted by Gasteiger charge is -1.65. The lowest BCUT2D eigenvalue weighted by molar-refractivity contribution is 1.42. The third kappa shape index (κ3) is 1160. The molecule has 66 valence electrons. The maximum Gasteiger partial charge on any atom is -0.0445 e. The molecule has 0 atom stereocenters. The van der Waals surface area contributed by atoms with Crippen molar-refractivity contribution in [2.24, 2.45) is 0 Å². The van der Waals surface area contributed by atoms with Crippen LogP contribution >= 0.6 is 0 Å². The highest BCUT2D eigenvalue weighted by atomic mass is 13.6. The zero-order valence-electron chi connectivity index (χ0n) is 5.49. The Morgan fingerprint density at radius 1 is 1.10 bits per heavy atom. The second-order valence-corrected chi connectivity index (χ2v) is 1.62. The van der Waals surface area contributed by atoms with E-state index in [9.17, 15) is 0 Å². The van der Waals surface area contributed by atoms with Crippen LogP contribution in [0.3, 0.4) is 0 Å². The Bertz CT molecular complexity index is 47.1. The standard InChI is InChI=1S/C4H8.C3H6.3CH4/c1-4(2)3;1-3-2;;;/h1H2,2-3H3;3H,1H2,2H3;3*1H4. The predicted octanol–water partition coefficient (Wildman–Crippen LogP) is 4.68. The molecule has 0 aromatic rings. The molecule has 0 fully saturated rings. The van der Waals surface area contributed by atoms with Gasteiger partial charge in [-0.25, -0.2) is 0 Å². The van der Waals surface area contributed by atoms with Crippen molar-refractivity contribution in [2.75, 3.05) is 0 Å². The fourth-order valence-electron chi connectivity index (χ4n) is 0. The largest absolute Gasteiger partial charge is 0.103 e. The van der Waals surface area contributed by atoms with Crippen LogP contribution in [0.25, 0.3) is 0 Å². The topological polar surface area (TPSA) is 0 Å². The molecule has 0 amide bonds. The van der Waals surface area contributed by atoms with Crippen LogP contribution in [0.5, 0.6) is 0 Å². The number of hydrogen-bond acceptors (Lipinski definition) is 0. The minimum Gasteiger partial charge on any atom is -0.103 e. The van der Waals surface area contributed by atoms with Crippen molar-refractivity contribution in [3.63, 3.8) is 0 Å². The summed E-state index contributed by atoms with van der Waals surface area (Å²) in [6.07, 6.45) is 1.75. The minimum atomic E-state index is 0. The van der Waals surface area contributed by atoms with Crippen LogP contribution in [0.15, 0.2) is 24.8 Å². The van der Waals surface area contributed by atoms with Crippen molar-refractivity contribution in [1.82, 2.24) is 0 Å². The quantitative estimate of drug-likeness (QED) is 0.435. The fourth-order valence-corrected chi connectivity index (χ4v) is 0. The minimum absolute atomic E-state index is 0. The van der Waals surface area contributed by atoms with E-state index in [0.717, 1.165) is 0 Å². The summed E-state index contributed by atoms with van der Waals surface area (Å²) in [6.45, 7) is 12.8. The smallest absolute Gasteiger partial charge is 0.0445 e. The molecule has 10 heavy (non-hydrogen) atoms. The first kappa shape index (κ1) is 34.0. The number of rotatable bonds is 0. The van der Waals surface area contributed by atoms with Crippen LogP contribution in [0.4, 0.5) is 0 Å². The molecule has 0 bridgehead atoms. The molecule has 0 spiro atoms. The average Bonchev–Trinajstić information content (AvgIpc) is 1.33. The molecule has 0 aromatic carbocycles. The van der Waals surface area contributed by atoms with Gasteiger partial charge in [-0.2, -0.15) is 0 Å². The van der Waals surface area contributed by atoms with Gasteiger partial charge in [-0.15, -0.1) is 13.2 Å². The zero-order chi connectivity index (χ0) is 6.28. The van der Waals surface area contributed by atoms with E-state index in [1.54, 1.807) is 6.08 Å². The molecule has 0 saturated carbocycles. The molecule has 0 rings (SSSR count). The van der Waals surface area contributed by atoms with E-state index in [0.29, 0.717) is 0 Å². The Hall–Kier alpha value is -0.520. The van der Waals surface area contributed by atoms with Gasteiger partial charge in [0, 0.05) is 0 Å². The molecule has 0 saturated heterocycles. The Balaban J connectivity index is -0.0000000131. The molecule has 0 aromatic heterocycles. The first-order valence-corrected chi connectivity index (χ1v) is 2.34. The van der Waals surface area contributed by atoms with Gasteiger partial charge in [-0.3, -0.25) is 0 Å². The van der Waals surface area contributed by atoms with Crippen molar-refractivity contribution in [1.29, 1.82) is 0 Å². The van der Waals surface area contributed by atoms with Gasteiger partial charge in [0.15, 0.2) is 0 Å². The number of allylic oxidation sites excluding steroid dienone is 2. The van der Waals surface area contributed by atoms with Crippen LogP contribution < -0.4 is 0 Å². The van der Waals surface area contributed by atoms with Gasteiger partial charge in [0.05, 0.1) is 0 Å². The van der Waals surface area contributed by atoms with Crippen molar-refractivity contribution in [2.45, 2.75) is 43.1 Å². The van der Waals surface area contributed by atoms with Gasteiger partial charge >= 0.3 is 0 Å². The molecule has 0 nitrogen and oxygen atoms in total. The molecular weight excluding hydrogens is 120 g/mol. The molecular formula is C10H26. The first-order valence-electron chi connectivity index (χ1n) is 2.34. The predicted molar refractivity (Wildman–Crippen MR) is 56.6 cm³/mol. The Morgan fingerprint density at radius 2 is 1.10 bits per heavy atom. The van der Waals surface area contributed by atoms with Gasteiger partial charge < -0.3 is 0 Å². The third-order valence-electron chi connectivity index (χ3n) is 0. The van der Waals surface area contributed by atoms with Crippen LogP contribution in [0.1, 0.15) is 43.1 Å². The molecule has 0 aliphatic carbocycles. The van der Waals surface area contributed by atoms with E-state index in [4.69, 9.17) is 0 Å². The molecule has 0 N–H and O–H groups in total. The van der Waals surface area contributed by atoms with Crippen molar-refractivity contribution in [3.05, 3.63) is 24.8 Å². The molecule has 0 aliphatic heterocycles. The lowest BCUT2D eigenvalue weighted by Crippen LogP contribution is -1.43. The summed E-state index contributed by atoms with van der Waals surface area (Å²) in [6, 6.07) is 0. The molecule has 0 radical (unpaired) electrons. The van der Waals surface area contributed by atoms with E-state index in [1.807, 2.05) is 20.8 Å². The average molecular weight is 146 g/mol. The molecule has 0 heteroatoms. The summed E-state index contributed by atoms with van der Waals surface area (Å²) in [4.78, 5) is 0. The highest BCUT2D eigenvalue weighted by molar-refractivity contribution is 4.78. The van der Waals surface area contributed by atoms with Gasteiger partial charge in [0.25, 0.3) is 0 Å². The Kier molecular flexibility index (Phi) is 133. The highest BCUT2D eigenvalue weighted by Gasteiger charge is 1.51. The third-order valence-corrected chi connectivity index (χ3v) is 0. The summed E-state index contributed by atoms with van der Waals surface area (Å²) in [5.41, 5.74) is 1.17. The van der Waals surface area contributed by atoms with E-state index < -0.39 is 0 Å². The summed E-state index contributed by atoms with van der Waals surface area (Å²) >= 11 is 0. The maximum absolute atomic E-state index is 3.56. The molecule has 0 aliphatic rings. The van der Waals surface area contributed by atoms with Crippen molar-refractivity contribution in [3.8, 4) is 0 Å². The zero-order valence-corrected chi connectivity index (χ0v) is 5.49. The van der Waals surface area contributed by atoms with Crippen LogP contribution in [0.2, 0.25) is 0 Å². The van der Waals surface area contributed by atoms with Gasteiger partial charge in [0.1, 0.15) is 0 Å². The second kappa shape index (κ2) is 39.2. The van der Waals surface area contributed by atoms with Gasteiger partial charge in [0.2, 0.25) is 0 Å². The summed E-state index contributed by atoms with van der Waals surface area (Å²) < 4.78 is 0. The lowest BCUT2D eigenvalue weighted by atomic mass is 10.4. The fraction of sp³-hybridized carbons (Fsp3) is 0.600. The Labute approximate surface area is 68.7 Å². The van der Waals surface area contributed by atoms with Crippen molar-refractivity contribution < 1.29 is 0 Å². The van der Waals surface area contributed by atoms with Crippen LogP contribution in [-0.4, -0.2) is 0 Å². The van der Waals surface area contributed by atoms with E-state index in [2.05, 4.69) is 13.2 Å². The first-order chi connectivity index (χ1) is 3.15. The monoisotopic (exact) mass is 146 g/mol. The van der Waals surface area contributed by atoms with E-state index in [-0.39, 0.29) is 22.3 Å².